The van der Waals surface area contributed by atoms with Gasteiger partial charge in [-0.25, -0.2) is 0 Å². The second-order valence-corrected chi connectivity index (χ2v) is 4.44. The van der Waals surface area contributed by atoms with Crippen LogP contribution in [0.3, 0.4) is 0 Å². The molecule has 0 spiro atoms. The highest BCUT2D eigenvalue weighted by Crippen LogP contribution is 2.22. The number of rotatable bonds is 8. The fraction of sp³-hybridized carbons (Fsp3) is 0.467. The minimum atomic E-state index is -0.304. The van der Waals surface area contributed by atoms with E-state index in [-0.39, 0.29) is 18.4 Å². The molecule has 0 heterocycles. The molecule has 0 radical (unpaired) electrons. The molecule has 0 atom stereocenters. The van der Waals surface area contributed by atoms with Gasteiger partial charge in [-0.2, -0.15) is 0 Å². The number of esters is 1. The van der Waals surface area contributed by atoms with Gasteiger partial charge in [-0.1, -0.05) is 19.1 Å². The second kappa shape index (κ2) is 8.97. The monoisotopic (exact) mass is 294 g/mol. The highest BCUT2D eigenvalue weighted by Gasteiger charge is 2.12. The molecule has 0 aliphatic heterocycles. The van der Waals surface area contributed by atoms with E-state index in [0.29, 0.717) is 30.9 Å². The average molecular weight is 294 g/mol. The number of hydrogen-bond donors (Lipinski definition) is 1. The molecule has 1 rings (SSSR count). The number of anilines is 1. The van der Waals surface area contributed by atoms with E-state index in [9.17, 15) is 9.59 Å². The van der Waals surface area contributed by atoms with Crippen LogP contribution in [0, 0.1) is 0 Å². The molecule has 1 aromatic carbocycles. The van der Waals surface area contributed by atoms with Crippen LogP contribution in [-0.4, -0.2) is 50.6 Å². The van der Waals surface area contributed by atoms with Gasteiger partial charge in [0.2, 0.25) is 5.91 Å². The topological polar surface area (TPSA) is 67.9 Å². The van der Waals surface area contributed by atoms with Crippen LogP contribution in [0.2, 0.25) is 0 Å². The van der Waals surface area contributed by atoms with E-state index in [1.54, 1.807) is 19.2 Å². The molecule has 0 saturated heterocycles. The minimum Gasteiger partial charge on any atom is -0.495 e. The van der Waals surface area contributed by atoms with Crippen molar-refractivity contribution in [1.29, 1.82) is 0 Å². The fourth-order valence-corrected chi connectivity index (χ4v) is 1.82. The minimum absolute atomic E-state index is 0.122. The summed E-state index contributed by atoms with van der Waals surface area (Å²) in [6, 6.07) is 7.23. The lowest BCUT2D eigenvalue weighted by atomic mass is 10.2. The first-order valence-corrected chi connectivity index (χ1v) is 6.82. The van der Waals surface area contributed by atoms with E-state index in [2.05, 4.69) is 10.1 Å². The lowest BCUT2D eigenvalue weighted by Gasteiger charge is -2.18. The Morgan fingerprint density at radius 3 is 2.57 bits per heavy atom. The van der Waals surface area contributed by atoms with Crippen molar-refractivity contribution in [3.05, 3.63) is 24.3 Å². The lowest BCUT2D eigenvalue weighted by Crippen LogP contribution is -2.33. The molecular formula is C15H22N2O4. The largest absolute Gasteiger partial charge is 0.495 e. The Balaban J connectivity index is 2.48. The van der Waals surface area contributed by atoms with Gasteiger partial charge in [0.25, 0.3) is 0 Å². The number of nitrogens with one attached hydrogen (secondary N) is 1. The third-order valence-electron chi connectivity index (χ3n) is 3.06. The first kappa shape index (κ1) is 17.0. The summed E-state index contributed by atoms with van der Waals surface area (Å²) in [6.07, 6.45) is 0.295. The number of para-hydroxylation sites is 2. The smallest absolute Gasteiger partial charge is 0.319 e. The molecular weight excluding hydrogens is 272 g/mol. The molecule has 0 aliphatic carbocycles. The summed E-state index contributed by atoms with van der Waals surface area (Å²) >= 11 is 0. The number of benzene rings is 1. The number of carbonyl (C=O) groups is 2. The van der Waals surface area contributed by atoms with E-state index >= 15 is 0 Å². The highest BCUT2D eigenvalue weighted by molar-refractivity contribution is 5.92. The van der Waals surface area contributed by atoms with E-state index in [1.807, 2.05) is 24.0 Å². The Labute approximate surface area is 125 Å². The lowest BCUT2D eigenvalue weighted by molar-refractivity contribution is -0.142. The van der Waals surface area contributed by atoms with Crippen LogP contribution in [-0.2, 0) is 14.3 Å². The molecule has 0 fully saturated rings. The van der Waals surface area contributed by atoms with Crippen LogP contribution in [0.25, 0.3) is 0 Å². The Morgan fingerprint density at radius 1 is 1.24 bits per heavy atom. The van der Waals surface area contributed by atoms with Gasteiger partial charge in [0.15, 0.2) is 0 Å². The predicted molar refractivity (Wildman–Crippen MR) is 80.4 cm³/mol. The van der Waals surface area contributed by atoms with Crippen LogP contribution in [0.15, 0.2) is 24.3 Å². The van der Waals surface area contributed by atoms with Crippen molar-refractivity contribution in [2.24, 2.45) is 0 Å². The van der Waals surface area contributed by atoms with Crippen molar-refractivity contribution in [2.75, 3.05) is 39.2 Å². The molecule has 6 heteroatoms. The third kappa shape index (κ3) is 5.83. The van der Waals surface area contributed by atoms with Crippen molar-refractivity contribution in [3.63, 3.8) is 0 Å². The van der Waals surface area contributed by atoms with Crippen molar-refractivity contribution < 1.29 is 19.1 Å². The van der Waals surface area contributed by atoms with Crippen molar-refractivity contribution in [2.45, 2.75) is 13.3 Å². The molecule has 0 saturated carbocycles. The molecule has 1 aromatic rings. The van der Waals surface area contributed by atoms with Crippen LogP contribution in [0.4, 0.5) is 5.69 Å². The number of nitrogens with zero attached hydrogens (tertiary/aromatic N) is 1. The van der Waals surface area contributed by atoms with Crippen molar-refractivity contribution in [3.8, 4) is 5.75 Å². The molecule has 1 N–H and O–H groups in total. The Hall–Kier alpha value is -2.08. The summed E-state index contributed by atoms with van der Waals surface area (Å²) in [5, 5.41) is 2.80. The van der Waals surface area contributed by atoms with Crippen LogP contribution < -0.4 is 10.1 Å². The van der Waals surface area contributed by atoms with Crippen LogP contribution in [0.5, 0.6) is 5.75 Å². The molecule has 0 unspecified atom stereocenters. The maximum atomic E-state index is 11.9. The number of likely N-dealkylation sites (N-methyl/N-ethyl adjacent to an activating group) is 1. The Kier molecular flexibility index (Phi) is 7.25. The predicted octanol–water partition coefficient (Wildman–Crippen LogP) is 1.52. The standard InChI is InChI=1S/C15H22N2O4/c1-4-17(11-15(19)21-3)10-9-14(18)16-12-7-5-6-8-13(12)20-2/h5-8H,4,9-11H2,1-3H3,(H,16,18). The molecule has 21 heavy (non-hydrogen) atoms. The molecule has 1 amide bonds. The fourth-order valence-electron chi connectivity index (χ4n) is 1.82. The normalized spacial score (nSPS) is 10.3. The molecule has 6 nitrogen and oxygen atoms in total. The summed E-state index contributed by atoms with van der Waals surface area (Å²) in [5.41, 5.74) is 0.640. The van der Waals surface area contributed by atoms with Crippen LogP contribution in [0.1, 0.15) is 13.3 Å². The van der Waals surface area contributed by atoms with Gasteiger partial charge in [0.05, 0.1) is 26.5 Å². The number of ether oxygens (including phenoxy) is 2. The Morgan fingerprint density at radius 2 is 1.95 bits per heavy atom. The quantitative estimate of drug-likeness (QED) is 0.736. The summed E-state index contributed by atoms with van der Waals surface area (Å²) in [4.78, 5) is 25.0. The maximum absolute atomic E-state index is 11.9. The van der Waals surface area contributed by atoms with E-state index in [4.69, 9.17) is 4.74 Å². The Bertz CT molecular complexity index is 476. The van der Waals surface area contributed by atoms with Gasteiger partial charge in [-0.05, 0) is 18.7 Å². The molecule has 0 bridgehead atoms. The average Bonchev–Trinajstić information content (AvgIpc) is 2.51. The van der Waals surface area contributed by atoms with Crippen molar-refractivity contribution in [1.82, 2.24) is 4.90 Å². The number of amides is 1. The summed E-state index contributed by atoms with van der Waals surface area (Å²) in [6.45, 7) is 3.29. The molecule has 116 valence electrons. The van der Waals surface area contributed by atoms with Gasteiger partial charge in [-0.3, -0.25) is 14.5 Å². The second-order valence-electron chi connectivity index (χ2n) is 4.44. The highest BCUT2D eigenvalue weighted by atomic mass is 16.5. The maximum Gasteiger partial charge on any atom is 0.319 e. The number of methoxy groups -OCH3 is 2. The van der Waals surface area contributed by atoms with Gasteiger partial charge in [0.1, 0.15) is 5.75 Å². The van der Waals surface area contributed by atoms with Gasteiger partial charge in [-0.15, -0.1) is 0 Å². The van der Waals surface area contributed by atoms with Gasteiger partial charge in [0, 0.05) is 13.0 Å². The van der Waals surface area contributed by atoms with Gasteiger partial charge < -0.3 is 14.8 Å². The van der Waals surface area contributed by atoms with E-state index in [1.165, 1.54) is 7.11 Å². The van der Waals surface area contributed by atoms with Crippen molar-refractivity contribution >= 4 is 17.6 Å². The summed E-state index contributed by atoms with van der Waals surface area (Å²) in [5.74, 6) is 0.192. The zero-order valence-electron chi connectivity index (χ0n) is 12.7. The van der Waals surface area contributed by atoms with E-state index < -0.39 is 0 Å². The van der Waals surface area contributed by atoms with Crippen LogP contribution >= 0.6 is 0 Å². The molecule has 0 aliphatic rings. The number of carbonyl (C=O) groups excluding carboxylic acids is 2. The van der Waals surface area contributed by atoms with Gasteiger partial charge >= 0.3 is 5.97 Å². The summed E-state index contributed by atoms with van der Waals surface area (Å²) < 4.78 is 9.79. The first-order valence-electron chi connectivity index (χ1n) is 6.82. The number of hydrogen-bond acceptors (Lipinski definition) is 5. The zero-order valence-corrected chi connectivity index (χ0v) is 12.7. The summed E-state index contributed by atoms with van der Waals surface area (Å²) in [7, 11) is 2.91. The third-order valence-corrected chi connectivity index (χ3v) is 3.06. The first-order chi connectivity index (χ1) is 10.1. The van der Waals surface area contributed by atoms with E-state index in [0.717, 1.165) is 0 Å². The molecule has 0 aromatic heterocycles. The zero-order chi connectivity index (χ0) is 15.7. The SMILES string of the molecule is CCN(CCC(=O)Nc1ccccc1OC)CC(=O)OC.